The summed E-state index contributed by atoms with van der Waals surface area (Å²) in [4.78, 5) is 24.6. The molecule has 1 atom stereocenters. The Kier molecular flexibility index (Phi) is 3.27. The van der Waals surface area contributed by atoms with Crippen molar-refractivity contribution in [2.45, 2.75) is 19.4 Å². The largest absolute Gasteiger partial charge is 0.488 e. The molecule has 0 fully saturated rings. The summed E-state index contributed by atoms with van der Waals surface area (Å²) in [5.41, 5.74) is -0.450. The Morgan fingerprint density at radius 1 is 1.33 bits per heavy atom. The first-order valence-electron chi connectivity index (χ1n) is 5.54. The molecule has 0 amide bonds. The number of rotatable bonds is 3. The second-order valence-electron chi connectivity index (χ2n) is 4.07. The van der Waals surface area contributed by atoms with Crippen molar-refractivity contribution < 1.29 is 5.11 Å². The van der Waals surface area contributed by atoms with Crippen LogP contribution in [-0.2, 0) is 6.42 Å². The first-order chi connectivity index (χ1) is 8.58. The van der Waals surface area contributed by atoms with Gasteiger partial charge in [-0.3, -0.25) is 9.78 Å². The van der Waals surface area contributed by atoms with Crippen molar-refractivity contribution in [3.05, 3.63) is 56.7 Å². The van der Waals surface area contributed by atoms with Crippen LogP contribution in [0.3, 0.4) is 0 Å². The zero-order valence-corrected chi connectivity index (χ0v) is 9.83. The van der Waals surface area contributed by atoms with Crippen LogP contribution in [0.4, 0.5) is 0 Å². The van der Waals surface area contributed by atoms with Crippen LogP contribution in [0.1, 0.15) is 18.5 Å². The van der Waals surface area contributed by atoms with Crippen molar-refractivity contribution in [3.63, 3.8) is 0 Å². The van der Waals surface area contributed by atoms with E-state index in [1.807, 2.05) is 35.3 Å². The molecule has 0 aliphatic heterocycles. The smallest absolute Gasteiger partial charge is 0.345 e. The predicted octanol–water partition coefficient (Wildman–Crippen LogP) is 0.441. The van der Waals surface area contributed by atoms with Crippen LogP contribution in [0, 0.1) is 0 Å². The molecule has 2 N–H and O–H groups in total. The summed E-state index contributed by atoms with van der Waals surface area (Å²) in [6, 6.07) is 9.33. The van der Waals surface area contributed by atoms with Gasteiger partial charge in [-0.1, -0.05) is 30.3 Å². The van der Waals surface area contributed by atoms with Crippen molar-refractivity contribution in [1.29, 1.82) is 0 Å². The second kappa shape index (κ2) is 4.87. The molecular weight excluding hydrogens is 234 g/mol. The Hall–Kier alpha value is -2.37. The van der Waals surface area contributed by atoms with Gasteiger partial charge in [0.15, 0.2) is 0 Å². The zero-order valence-electron chi connectivity index (χ0n) is 9.83. The Morgan fingerprint density at radius 3 is 2.67 bits per heavy atom. The van der Waals surface area contributed by atoms with Crippen molar-refractivity contribution in [2.75, 3.05) is 0 Å². The molecule has 6 heteroatoms. The third kappa shape index (κ3) is 2.48. The number of nitrogens with zero attached hydrogens (tertiary/aromatic N) is 2. The molecule has 0 bridgehead atoms. The van der Waals surface area contributed by atoms with Crippen LogP contribution >= 0.6 is 0 Å². The van der Waals surface area contributed by atoms with Crippen molar-refractivity contribution >= 4 is 0 Å². The van der Waals surface area contributed by atoms with Crippen LogP contribution in [-0.4, -0.2) is 19.9 Å². The number of benzene rings is 1. The number of nitrogens with one attached hydrogen (secondary N) is 1. The van der Waals surface area contributed by atoms with E-state index in [2.05, 4.69) is 5.10 Å². The average molecular weight is 247 g/mol. The number of hydrogen-bond acceptors (Lipinski definition) is 4. The highest BCUT2D eigenvalue weighted by atomic mass is 16.3. The van der Waals surface area contributed by atoms with E-state index < -0.39 is 17.1 Å². The third-order valence-corrected chi connectivity index (χ3v) is 2.63. The molecule has 0 aliphatic rings. The molecule has 2 aromatic rings. The van der Waals surface area contributed by atoms with E-state index >= 15 is 0 Å². The maximum Gasteiger partial charge on any atom is 0.345 e. The highest BCUT2D eigenvalue weighted by molar-refractivity contribution is 5.15. The SMILES string of the molecule is CC(Cc1ccccc1)n1nc(O)c(=O)[nH]c1=O. The lowest BCUT2D eigenvalue weighted by Gasteiger charge is -2.12. The summed E-state index contributed by atoms with van der Waals surface area (Å²) in [5.74, 6) is -0.700. The third-order valence-electron chi connectivity index (χ3n) is 2.63. The standard InChI is InChI=1S/C12H13N3O3/c1-8(7-9-5-3-2-4-6-9)15-12(18)13-10(16)11(17)14-15/h2-6,8H,7H2,1H3,(H,14,17)(H,13,16,18). The predicted molar refractivity (Wildman–Crippen MR) is 65.6 cm³/mol. The van der Waals surface area contributed by atoms with Gasteiger partial charge in [-0.25, -0.2) is 9.48 Å². The van der Waals surface area contributed by atoms with Gasteiger partial charge >= 0.3 is 11.2 Å². The fourth-order valence-electron chi connectivity index (χ4n) is 1.74. The summed E-state index contributed by atoms with van der Waals surface area (Å²) >= 11 is 0. The van der Waals surface area contributed by atoms with E-state index in [1.54, 1.807) is 6.92 Å². The van der Waals surface area contributed by atoms with E-state index in [9.17, 15) is 14.7 Å². The highest BCUT2D eigenvalue weighted by Gasteiger charge is 2.12. The number of aromatic nitrogens is 3. The monoisotopic (exact) mass is 247 g/mol. The minimum atomic E-state index is -0.872. The Bertz CT molecular complexity index is 646. The summed E-state index contributed by atoms with van der Waals surface area (Å²) in [6.07, 6.45) is 0.583. The Balaban J connectivity index is 2.30. The molecule has 6 nitrogen and oxygen atoms in total. The molecule has 1 heterocycles. The number of H-pyrrole nitrogens is 1. The fraction of sp³-hybridized carbons (Fsp3) is 0.250. The molecule has 18 heavy (non-hydrogen) atoms. The maximum atomic E-state index is 11.6. The Morgan fingerprint density at radius 2 is 2.00 bits per heavy atom. The second-order valence-corrected chi connectivity index (χ2v) is 4.07. The van der Waals surface area contributed by atoms with Crippen LogP contribution in [0.5, 0.6) is 5.88 Å². The molecular formula is C12H13N3O3. The minimum Gasteiger partial charge on any atom is -0.488 e. The van der Waals surface area contributed by atoms with E-state index in [4.69, 9.17) is 0 Å². The van der Waals surface area contributed by atoms with Crippen LogP contribution in [0.25, 0.3) is 0 Å². The summed E-state index contributed by atoms with van der Waals surface area (Å²) in [6.45, 7) is 1.79. The maximum absolute atomic E-state index is 11.6. The molecule has 1 aromatic carbocycles. The van der Waals surface area contributed by atoms with Crippen LogP contribution < -0.4 is 11.2 Å². The molecule has 1 unspecified atom stereocenters. The minimum absolute atomic E-state index is 0.261. The Labute approximate surface area is 103 Å². The first-order valence-corrected chi connectivity index (χ1v) is 5.54. The van der Waals surface area contributed by atoms with Gasteiger partial charge in [-0.2, -0.15) is 0 Å². The van der Waals surface area contributed by atoms with Crippen LogP contribution in [0.2, 0.25) is 0 Å². The molecule has 0 radical (unpaired) electrons. The highest BCUT2D eigenvalue weighted by Crippen LogP contribution is 2.10. The van der Waals surface area contributed by atoms with E-state index in [0.29, 0.717) is 6.42 Å². The first kappa shape index (κ1) is 12.1. The molecule has 0 aliphatic carbocycles. The normalized spacial score (nSPS) is 12.3. The number of hydrogen-bond donors (Lipinski definition) is 2. The molecule has 2 rings (SSSR count). The lowest BCUT2D eigenvalue weighted by atomic mass is 10.1. The summed E-state index contributed by atoms with van der Waals surface area (Å²) < 4.78 is 1.07. The quantitative estimate of drug-likeness (QED) is 0.823. The van der Waals surface area contributed by atoms with Gasteiger partial charge in [0.05, 0.1) is 6.04 Å². The van der Waals surface area contributed by atoms with Crippen LogP contribution in [0.15, 0.2) is 39.9 Å². The van der Waals surface area contributed by atoms with Crippen molar-refractivity contribution in [3.8, 4) is 5.88 Å². The van der Waals surface area contributed by atoms with Gasteiger partial charge in [0.2, 0.25) is 0 Å². The van der Waals surface area contributed by atoms with E-state index in [1.165, 1.54) is 0 Å². The van der Waals surface area contributed by atoms with E-state index in [0.717, 1.165) is 10.2 Å². The van der Waals surface area contributed by atoms with Gasteiger partial charge < -0.3 is 5.11 Å². The number of aromatic hydroxyl groups is 1. The van der Waals surface area contributed by atoms with E-state index in [-0.39, 0.29) is 6.04 Å². The van der Waals surface area contributed by atoms with Gasteiger partial charge in [0.1, 0.15) is 0 Å². The molecule has 0 saturated carbocycles. The van der Waals surface area contributed by atoms with Crippen molar-refractivity contribution in [1.82, 2.24) is 14.8 Å². The molecule has 1 aromatic heterocycles. The molecule has 0 saturated heterocycles. The number of aromatic amines is 1. The molecule has 0 spiro atoms. The summed E-state index contributed by atoms with van der Waals surface area (Å²) in [7, 11) is 0. The van der Waals surface area contributed by atoms with Gasteiger partial charge in [-0.05, 0) is 18.9 Å². The van der Waals surface area contributed by atoms with Gasteiger partial charge in [0, 0.05) is 0 Å². The fourth-order valence-corrected chi connectivity index (χ4v) is 1.74. The summed E-state index contributed by atoms with van der Waals surface area (Å²) in [5, 5.41) is 12.8. The zero-order chi connectivity index (χ0) is 13.1. The van der Waals surface area contributed by atoms with Crippen molar-refractivity contribution in [2.24, 2.45) is 0 Å². The van der Waals surface area contributed by atoms with Gasteiger partial charge in [0.25, 0.3) is 5.88 Å². The average Bonchev–Trinajstić information content (AvgIpc) is 2.35. The topological polar surface area (TPSA) is 88.0 Å². The lowest BCUT2D eigenvalue weighted by Crippen LogP contribution is -2.34. The van der Waals surface area contributed by atoms with Gasteiger partial charge in [-0.15, -0.1) is 5.10 Å². The lowest BCUT2D eigenvalue weighted by molar-refractivity contribution is 0.374. The molecule has 94 valence electrons.